The van der Waals surface area contributed by atoms with Gasteiger partial charge in [-0.1, -0.05) is 48.9 Å². The third-order valence-electron chi connectivity index (χ3n) is 7.75. The molecule has 10 nitrogen and oxygen atoms in total. The van der Waals surface area contributed by atoms with Crippen LogP contribution in [0.25, 0.3) is 17.0 Å². The van der Waals surface area contributed by atoms with E-state index in [1.54, 1.807) is 24.5 Å². The molecule has 11 heteroatoms. The van der Waals surface area contributed by atoms with E-state index in [-0.39, 0.29) is 31.5 Å². The van der Waals surface area contributed by atoms with E-state index in [1.807, 2.05) is 60.9 Å². The Balaban J connectivity index is 1.57. The molecular formula is C33H33N3O7S. The van der Waals surface area contributed by atoms with E-state index < -0.39 is 12.0 Å². The number of aromatic nitrogens is 2. The van der Waals surface area contributed by atoms with Crippen molar-refractivity contribution in [3.63, 3.8) is 0 Å². The summed E-state index contributed by atoms with van der Waals surface area (Å²) < 4.78 is 25.8. The summed E-state index contributed by atoms with van der Waals surface area (Å²) in [6.07, 6.45) is 3.15. The number of ether oxygens (including phenoxy) is 4. The molecule has 0 unspecified atom stereocenters. The number of benzene rings is 2. The van der Waals surface area contributed by atoms with Gasteiger partial charge in [0.15, 0.2) is 16.3 Å². The topological polar surface area (TPSA) is 110 Å². The van der Waals surface area contributed by atoms with E-state index in [2.05, 4.69) is 0 Å². The van der Waals surface area contributed by atoms with Gasteiger partial charge >= 0.3 is 11.9 Å². The maximum absolute atomic E-state index is 14.3. The van der Waals surface area contributed by atoms with Crippen molar-refractivity contribution in [1.82, 2.24) is 9.13 Å². The summed E-state index contributed by atoms with van der Waals surface area (Å²) in [6.45, 7) is 8.12. The Kier molecular flexibility index (Phi) is 8.13. The molecule has 4 heterocycles. The van der Waals surface area contributed by atoms with Gasteiger partial charge in [-0.05, 0) is 57.0 Å². The van der Waals surface area contributed by atoms with Crippen molar-refractivity contribution < 1.29 is 28.5 Å². The molecule has 44 heavy (non-hydrogen) atoms. The van der Waals surface area contributed by atoms with Gasteiger partial charge in [-0.15, -0.1) is 0 Å². The second-order valence-electron chi connectivity index (χ2n) is 10.4. The number of esters is 2. The number of nitrogens with zero attached hydrogens (tertiary/aromatic N) is 3. The Morgan fingerprint density at radius 1 is 1.07 bits per heavy atom. The molecule has 0 saturated heterocycles. The van der Waals surface area contributed by atoms with Crippen molar-refractivity contribution in [3.05, 3.63) is 90.2 Å². The van der Waals surface area contributed by atoms with Crippen LogP contribution in [0, 0.1) is 6.92 Å². The number of hydrogen-bond donors (Lipinski definition) is 0. The van der Waals surface area contributed by atoms with Gasteiger partial charge < -0.3 is 23.5 Å². The van der Waals surface area contributed by atoms with Crippen LogP contribution in [0.5, 0.6) is 11.5 Å². The predicted molar refractivity (Wildman–Crippen MR) is 166 cm³/mol. The van der Waals surface area contributed by atoms with Gasteiger partial charge in [0.2, 0.25) is 6.79 Å². The van der Waals surface area contributed by atoms with Crippen LogP contribution in [0.15, 0.2) is 63.5 Å². The molecule has 4 aromatic rings. The highest BCUT2D eigenvalue weighted by Gasteiger charge is 2.35. The van der Waals surface area contributed by atoms with Crippen LogP contribution in [-0.4, -0.2) is 41.1 Å². The summed E-state index contributed by atoms with van der Waals surface area (Å²) in [5, 5.41) is 0.909. The molecule has 0 bridgehead atoms. The fraction of sp³-hybridized carbons (Fsp3) is 0.333. The number of carbonyl (C=O) groups is 2. The molecule has 2 aliphatic heterocycles. The zero-order valence-corrected chi connectivity index (χ0v) is 25.9. The molecule has 0 N–H and O–H groups in total. The zero-order chi connectivity index (χ0) is 31.0. The second kappa shape index (κ2) is 12.2. The van der Waals surface area contributed by atoms with E-state index in [0.29, 0.717) is 50.7 Å². The molecule has 0 aliphatic carbocycles. The van der Waals surface area contributed by atoms with E-state index in [4.69, 9.17) is 23.9 Å². The lowest BCUT2D eigenvalue weighted by Crippen LogP contribution is -2.40. The number of rotatable bonds is 9. The highest BCUT2D eigenvalue weighted by Crippen LogP contribution is 2.39. The Hall–Kier alpha value is -4.64. The Bertz CT molecular complexity index is 2000. The van der Waals surface area contributed by atoms with Crippen LogP contribution < -0.4 is 24.4 Å². The fourth-order valence-electron chi connectivity index (χ4n) is 5.83. The number of para-hydroxylation sites is 1. The van der Waals surface area contributed by atoms with Crippen molar-refractivity contribution in [2.45, 2.75) is 53.1 Å². The monoisotopic (exact) mass is 615 g/mol. The van der Waals surface area contributed by atoms with Gasteiger partial charge in [0.1, 0.15) is 6.54 Å². The van der Waals surface area contributed by atoms with Crippen molar-refractivity contribution in [2.75, 3.05) is 20.0 Å². The standard InChI is InChI=1S/C33H33N3O7S/c1-5-10-23-29(32(39)41-7-3)30(20-13-14-25-26(15-20)43-18-42-25)36-31(38)27(44-33(36)34-23)16-22-19(4)35(17-28(37)40-6-2)24-12-9-8-11-21(22)24/h8-9,11-16,30H,5-7,10,17-18H2,1-4H3/b27-16-/t30-/m0/s1. The minimum atomic E-state index is -0.769. The van der Waals surface area contributed by atoms with Crippen molar-refractivity contribution in [1.29, 1.82) is 0 Å². The van der Waals surface area contributed by atoms with Crippen LogP contribution >= 0.6 is 11.3 Å². The highest BCUT2D eigenvalue weighted by molar-refractivity contribution is 7.07. The summed E-state index contributed by atoms with van der Waals surface area (Å²) in [5.74, 6) is 0.314. The van der Waals surface area contributed by atoms with Crippen LogP contribution in [-0.2, 0) is 25.6 Å². The summed E-state index contributed by atoms with van der Waals surface area (Å²) in [7, 11) is 0. The van der Waals surface area contributed by atoms with Gasteiger partial charge in [0.25, 0.3) is 5.56 Å². The maximum Gasteiger partial charge on any atom is 0.338 e. The lowest BCUT2D eigenvalue weighted by Gasteiger charge is -2.25. The first-order valence-electron chi connectivity index (χ1n) is 14.7. The summed E-state index contributed by atoms with van der Waals surface area (Å²) in [5.41, 5.74) is 3.87. The molecule has 0 amide bonds. The Labute approximate surface area is 257 Å². The number of fused-ring (bicyclic) bond motifs is 3. The molecule has 0 spiro atoms. The normalized spacial score (nSPS) is 15.8. The van der Waals surface area contributed by atoms with E-state index in [9.17, 15) is 14.4 Å². The minimum absolute atomic E-state index is 0.0582. The summed E-state index contributed by atoms with van der Waals surface area (Å²) in [6, 6.07) is 12.4. The molecule has 2 aromatic heterocycles. The first kappa shape index (κ1) is 29.4. The SMILES string of the molecule is CCCC1=C(C(=O)OCC)[C@H](c2ccc3c(c2)OCO3)n2c(s/c(=C\c3c(C)n(CC(=O)OCC)c4ccccc34)c2=O)=N1. The molecular weight excluding hydrogens is 582 g/mol. The predicted octanol–water partition coefficient (Wildman–Crippen LogP) is 4.13. The van der Waals surface area contributed by atoms with E-state index in [1.165, 1.54) is 11.3 Å². The first-order valence-corrected chi connectivity index (χ1v) is 15.5. The van der Waals surface area contributed by atoms with Gasteiger partial charge in [0, 0.05) is 22.2 Å². The molecule has 0 radical (unpaired) electrons. The quantitative estimate of drug-likeness (QED) is 0.261. The largest absolute Gasteiger partial charge is 0.465 e. The Morgan fingerprint density at radius 3 is 2.61 bits per heavy atom. The fourth-order valence-corrected chi connectivity index (χ4v) is 6.83. The van der Waals surface area contributed by atoms with E-state index >= 15 is 0 Å². The van der Waals surface area contributed by atoms with Crippen LogP contribution in [0.2, 0.25) is 0 Å². The molecule has 2 aromatic carbocycles. The van der Waals surface area contributed by atoms with Crippen LogP contribution in [0.3, 0.4) is 0 Å². The average Bonchev–Trinajstić information content (AvgIpc) is 3.68. The minimum Gasteiger partial charge on any atom is -0.465 e. The summed E-state index contributed by atoms with van der Waals surface area (Å²) >= 11 is 1.27. The number of hydrogen-bond acceptors (Lipinski definition) is 9. The molecule has 6 rings (SSSR count). The molecule has 2 aliphatic rings. The van der Waals surface area contributed by atoms with Gasteiger partial charge in [-0.2, -0.15) is 0 Å². The average molecular weight is 616 g/mol. The Morgan fingerprint density at radius 2 is 1.84 bits per heavy atom. The van der Waals surface area contributed by atoms with Gasteiger partial charge in [-0.25, -0.2) is 9.79 Å². The van der Waals surface area contributed by atoms with Crippen molar-refractivity contribution in [2.24, 2.45) is 4.99 Å². The zero-order valence-electron chi connectivity index (χ0n) is 25.0. The highest BCUT2D eigenvalue weighted by atomic mass is 32.1. The van der Waals surface area contributed by atoms with Crippen LogP contribution in [0.1, 0.15) is 56.5 Å². The number of allylic oxidation sites excluding steroid dienone is 1. The third kappa shape index (κ3) is 5.11. The third-order valence-corrected chi connectivity index (χ3v) is 8.74. The lowest BCUT2D eigenvalue weighted by atomic mass is 9.94. The smallest absolute Gasteiger partial charge is 0.338 e. The van der Waals surface area contributed by atoms with Crippen molar-refractivity contribution in [3.8, 4) is 11.5 Å². The number of thiazole rings is 1. The van der Waals surface area contributed by atoms with E-state index in [0.717, 1.165) is 28.6 Å². The molecule has 1 atom stereocenters. The molecule has 0 fully saturated rings. The maximum atomic E-state index is 14.3. The molecule has 0 saturated carbocycles. The van der Waals surface area contributed by atoms with Gasteiger partial charge in [0.05, 0.1) is 35.1 Å². The molecule has 228 valence electrons. The number of carbonyl (C=O) groups excluding carboxylic acids is 2. The van der Waals surface area contributed by atoms with Gasteiger partial charge in [-0.3, -0.25) is 14.2 Å². The van der Waals surface area contributed by atoms with Crippen LogP contribution in [0.4, 0.5) is 0 Å². The summed E-state index contributed by atoms with van der Waals surface area (Å²) in [4.78, 5) is 45.6. The van der Waals surface area contributed by atoms with Crippen molar-refractivity contribution >= 4 is 40.3 Å². The first-order chi connectivity index (χ1) is 21.4. The second-order valence-corrected chi connectivity index (χ2v) is 11.4. The lowest BCUT2D eigenvalue weighted by molar-refractivity contribution is -0.143.